The van der Waals surface area contributed by atoms with E-state index < -0.39 is 10.0 Å². The van der Waals surface area contributed by atoms with Crippen molar-refractivity contribution in [2.75, 3.05) is 19.6 Å². The molecule has 1 unspecified atom stereocenters. The van der Waals surface area contributed by atoms with Gasteiger partial charge in [-0.05, 0) is 38.4 Å². The third kappa shape index (κ3) is 2.82. The summed E-state index contributed by atoms with van der Waals surface area (Å²) in [5.74, 6) is 0.598. The molecule has 1 aromatic rings. The fourth-order valence-corrected chi connectivity index (χ4v) is 4.26. The normalized spacial score (nSPS) is 23.5. The Morgan fingerprint density at radius 2 is 2.14 bits per heavy atom. The molecule has 0 radical (unpaired) electrons. The summed E-state index contributed by atoms with van der Waals surface area (Å²) in [6, 6.07) is 7.50. The Labute approximate surface area is 126 Å². The van der Waals surface area contributed by atoms with Crippen molar-refractivity contribution < 1.29 is 8.42 Å². The molecule has 0 aliphatic carbocycles. The second-order valence-electron chi connectivity index (χ2n) is 5.57. The molecule has 114 valence electrons. The van der Waals surface area contributed by atoms with Crippen LogP contribution in [0.5, 0.6) is 0 Å². The number of likely N-dealkylation sites (N-methyl/N-ethyl adjacent to an activating group) is 1. The van der Waals surface area contributed by atoms with Crippen molar-refractivity contribution in [1.29, 1.82) is 0 Å². The van der Waals surface area contributed by atoms with E-state index in [1.165, 1.54) is 12.8 Å². The molecular weight excluding hydrogens is 286 g/mol. The first kappa shape index (κ1) is 14.5. The Kier molecular flexibility index (Phi) is 3.99. The molecule has 0 aromatic heterocycles. The fraction of sp³-hybridized carbons (Fsp3) is 0.533. The summed E-state index contributed by atoms with van der Waals surface area (Å²) in [7, 11) is -3.52. The molecule has 1 fully saturated rings. The maximum absolute atomic E-state index is 12.1. The molecule has 21 heavy (non-hydrogen) atoms. The smallest absolute Gasteiger partial charge is 0.285 e. The molecule has 0 spiro atoms. The van der Waals surface area contributed by atoms with Gasteiger partial charge in [0.25, 0.3) is 10.0 Å². The van der Waals surface area contributed by atoms with Gasteiger partial charge >= 0.3 is 0 Å². The van der Waals surface area contributed by atoms with Crippen LogP contribution in [-0.2, 0) is 10.0 Å². The van der Waals surface area contributed by atoms with Crippen LogP contribution < -0.4 is 5.32 Å². The van der Waals surface area contributed by atoms with Crippen LogP contribution in [0.25, 0.3) is 0 Å². The van der Waals surface area contributed by atoms with Crippen molar-refractivity contribution in [2.45, 2.75) is 37.1 Å². The predicted molar refractivity (Wildman–Crippen MR) is 83.1 cm³/mol. The monoisotopic (exact) mass is 307 g/mol. The average molecular weight is 307 g/mol. The number of benzene rings is 1. The number of hydrogen-bond donors (Lipinski definition) is 1. The molecule has 0 amide bonds. The van der Waals surface area contributed by atoms with E-state index in [1.807, 2.05) is 19.1 Å². The van der Waals surface area contributed by atoms with E-state index in [9.17, 15) is 8.42 Å². The van der Waals surface area contributed by atoms with Crippen LogP contribution in [0.4, 0.5) is 0 Å². The van der Waals surface area contributed by atoms with E-state index in [4.69, 9.17) is 0 Å². The van der Waals surface area contributed by atoms with Gasteiger partial charge in [-0.2, -0.15) is 8.42 Å². The highest BCUT2D eigenvalue weighted by Crippen LogP contribution is 2.27. The van der Waals surface area contributed by atoms with E-state index >= 15 is 0 Å². The second kappa shape index (κ2) is 5.77. The molecule has 0 saturated carbocycles. The van der Waals surface area contributed by atoms with Crippen molar-refractivity contribution in [2.24, 2.45) is 4.40 Å². The maximum Gasteiger partial charge on any atom is 0.285 e. The van der Waals surface area contributed by atoms with Crippen LogP contribution in [0.15, 0.2) is 33.6 Å². The predicted octanol–water partition coefficient (Wildman–Crippen LogP) is 1.60. The zero-order valence-corrected chi connectivity index (χ0v) is 13.1. The standard InChI is InChI=1S/C15H21N3O2S/c1-2-18(11-12-7-5-6-10-16-12)15-13-8-3-4-9-14(13)21(19,20)17-15/h3-4,8-9,12,16H,2,5-7,10-11H2,1H3. The van der Waals surface area contributed by atoms with Crippen LogP contribution in [-0.4, -0.2) is 44.8 Å². The zero-order valence-electron chi connectivity index (χ0n) is 12.2. The molecular formula is C15H21N3O2S. The molecule has 6 heteroatoms. The van der Waals surface area contributed by atoms with Crippen LogP contribution >= 0.6 is 0 Å². The lowest BCUT2D eigenvalue weighted by atomic mass is 10.0. The van der Waals surface area contributed by atoms with Gasteiger partial charge in [0, 0.05) is 24.7 Å². The lowest BCUT2D eigenvalue weighted by Crippen LogP contribution is -2.45. The van der Waals surface area contributed by atoms with Crippen molar-refractivity contribution in [3.05, 3.63) is 29.8 Å². The quantitative estimate of drug-likeness (QED) is 0.921. The molecule has 5 nitrogen and oxygen atoms in total. The topological polar surface area (TPSA) is 61.8 Å². The minimum absolute atomic E-state index is 0.329. The largest absolute Gasteiger partial charge is 0.354 e. The fourth-order valence-electron chi connectivity index (χ4n) is 3.03. The SMILES string of the molecule is CCN(CC1CCCCN1)C1=NS(=O)(=O)c2ccccc21. The van der Waals surface area contributed by atoms with Crippen molar-refractivity contribution in [3.63, 3.8) is 0 Å². The summed E-state index contributed by atoms with van der Waals surface area (Å²) in [5.41, 5.74) is 0.732. The van der Waals surface area contributed by atoms with Crippen LogP contribution in [0.1, 0.15) is 31.7 Å². The summed E-state index contributed by atoms with van der Waals surface area (Å²) in [6.07, 6.45) is 3.59. The van der Waals surface area contributed by atoms with Gasteiger partial charge in [-0.25, -0.2) is 0 Å². The molecule has 1 saturated heterocycles. The van der Waals surface area contributed by atoms with E-state index in [1.54, 1.807) is 12.1 Å². The Morgan fingerprint density at radius 1 is 1.33 bits per heavy atom. The first-order valence-corrected chi connectivity index (χ1v) is 8.98. The number of nitrogens with one attached hydrogen (secondary N) is 1. The average Bonchev–Trinajstić information content (AvgIpc) is 2.78. The van der Waals surface area contributed by atoms with Crippen LogP contribution in [0, 0.1) is 0 Å². The highest BCUT2D eigenvalue weighted by Gasteiger charge is 2.31. The van der Waals surface area contributed by atoms with Gasteiger partial charge in [0.2, 0.25) is 0 Å². The van der Waals surface area contributed by atoms with Gasteiger partial charge in [-0.1, -0.05) is 18.6 Å². The molecule has 0 bridgehead atoms. The first-order chi connectivity index (χ1) is 10.1. The Morgan fingerprint density at radius 3 is 2.86 bits per heavy atom. The number of amidine groups is 1. The second-order valence-corrected chi connectivity index (χ2v) is 7.14. The molecule has 1 aromatic carbocycles. The number of sulfonamides is 1. The number of piperidine rings is 1. The Bertz CT molecular complexity index is 649. The Balaban J connectivity index is 1.87. The van der Waals surface area contributed by atoms with Crippen LogP contribution in [0.2, 0.25) is 0 Å². The zero-order chi connectivity index (χ0) is 14.9. The van der Waals surface area contributed by atoms with E-state index in [0.717, 1.165) is 31.6 Å². The summed E-state index contributed by atoms with van der Waals surface area (Å²) in [6.45, 7) is 4.64. The summed E-state index contributed by atoms with van der Waals surface area (Å²) in [5, 5.41) is 3.51. The number of rotatable bonds is 3. The number of fused-ring (bicyclic) bond motifs is 1. The van der Waals surface area contributed by atoms with Gasteiger partial charge in [0.1, 0.15) is 4.90 Å². The highest BCUT2D eigenvalue weighted by molar-refractivity contribution is 7.90. The highest BCUT2D eigenvalue weighted by atomic mass is 32.2. The minimum atomic E-state index is -3.52. The molecule has 2 aliphatic heterocycles. The maximum atomic E-state index is 12.1. The van der Waals surface area contributed by atoms with Gasteiger partial charge in [-0.3, -0.25) is 0 Å². The minimum Gasteiger partial charge on any atom is -0.354 e. The summed E-state index contributed by atoms with van der Waals surface area (Å²) < 4.78 is 28.3. The third-order valence-electron chi connectivity index (χ3n) is 4.15. The van der Waals surface area contributed by atoms with Crippen molar-refractivity contribution >= 4 is 15.9 Å². The summed E-state index contributed by atoms with van der Waals surface area (Å²) in [4.78, 5) is 2.40. The van der Waals surface area contributed by atoms with Crippen molar-refractivity contribution in [3.8, 4) is 0 Å². The van der Waals surface area contributed by atoms with E-state index in [2.05, 4.69) is 14.6 Å². The molecule has 1 N–H and O–H groups in total. The van der Waals surface area contributed by atoms with Gasteiger partial charge in [-0.15, -0.1) is 4.40 Å². The Hall–Kier alpha value is -1.40. The number of nitrogens with zero attached hydrogens (tertiary/aromatic N) is 2. The lowest BCUT2D eigenvalue weighted by molar-refractivity contribution is 0.316. The van der Waals surface area contributed by atoms with Gasteiger partial charge in [0.05, 0.1) is 0 Å². The molecule has 3 rings (SSSR count). The van der Waals surface area contributed by atoms with Gasteiger partial charge in [0.15, 0.2) is 5.84 Å². The molecule has 1 atom stereocenters. The molecule has 2 heterocycles. The third-order valence-corrected chi connectivity index (χ3v) is 5.47. The van der Waals surface area contributed by atoms with Crippen LogP contribution in [0.3, 0.4) is 0 Å². The summed E-state index contributed by atoms with van der Waals surface area (Å²) >= 11 is 0. The van der Waals surface area contributed by atoms with E-state index in [-0.39, 0.29) is 0 Å². The van der Waals surface area contributed by atoms with Crippen molar-refractivity contribution in [1.82, 2.24) is 10.2 Å². The van der Waals surface area contributed by atoms with E-state index in [0.29, 0.717) is 16.8 Å². The lowest BCUT2D eigenvalue weighted by Gasteiger charge is -2.31. The molecule has 2 aliphatic rings. The first-order valence-electron chi connectivity index (χ1n) is 7.54. The number of hydrogen-bond acceptors (Lipinski definition) is 4. The van der Waals surface area contributed by atoms with Gasteiger partial charge < -0.3 is 10.2 Å².